The van der Waals surface area contributed by atoms with Gasteiger partial charge in [0.05, 0.1) is 28.1 Å². The number of para-hydroxylation sites is 2. The Hall–Kier alpha value is -3.82. The maximum absolute atomic E-state index is 11.8. The second-order valence-corrected chi connectivity index (χ2v) is 4.71. The highest BCUT2D eigenvalue weighted by Gasteiger charge is 2.32. The summed E-state index contributed by atoms with van der Waals surface area (Å²) in [4.78, 5) is 44.0. The van der Waals surface area contributed by atoms with Crippen molar-refractivity contribution in [2.45, 2.75) is 0 Å². The van der Waals surface area contributed by atoms with Crippen LogP contribution in [0.15, 0.2) is 36.4 Å². The van der Waals surface area contributed by atoms with Crippen molar-refractivity contribution in [3.8, 4) is 11.1 Å². The quantitative estimate of drug-likeness (QED) is 0.493. The van der Waals surface area contributed by atoms with Crippen molar-refractivity contribution in [1.82, 2.24) is 0 Å². The standard InChI is InChI=1S/C15H10N2O8/c1-25-15(20)11-7-3-5-9(13(11)17(23)24)8-4-2-6-10(14(18)19)12(8)16(21)22/h2-7H,1H3,(H,18,19). The highest BCUT2D eigenvalue weighted by molar-refractivity contribution is 6.01. The van der Waals surface area contributed by atoms with E-state index in [-0.39, 0.29) is 11.1 Å². The van der Waals surface area contributed by atoms with E-state index in [4.69, 9.17) is 5.11 Å². The molecule has 0 fully saturated rings. The number of hydrogen-bond acceptors (Lipinski definition) is 7. The molecule has 10 nitrogen and oxygen atoms in total. The molecule has 0 bridgehead atoms. The molecular weight excluding hydrogens is 336 g/mol. The van der Waals surface area contributed by atoms with Crippen molar-refractivity contribution in [3.05, 3.63) is 67.8 Å². The molecule has 0 saturated carbocycles. The van der Waals surface area contributed by atoms with Gasteiger partial charge in [-0.15, -0.1) is 0 Å². The van der Waals surface area contributed by atoms with Gasteiger partial charge >= 0.3 is 11.9 Å². The van der Waals surface area contributed by atoms with E-state index in [2.05, 4.69) is 4.74 Å². The van der Waals surface area contributed by atoms with Gasteiger partial charge in [0.25, 0.3) is 11.4 Å². The molecule has 0 radical (unpaired) electrons. The molecular formula is C15H10N2O8. The molecule has 0 saturated heterocycles. The van der Waals surface area contributed by atoms with Crippen LogP contribution in [0.5, 0.6) is 0 Å². The average Bonchev–Trinajstić information content (AvgIpc) is 2.59. The fraction of sp³-hybridized carbons (Fsp3) is 0.0667. The summed E-state index contributed by atoms with van der Waals surface area (Å²) in [5.41, 5.74) is -3.09. The summed E-state index contributed by atoms with van der Waals surface area (Å²) < 4.78 is 4.49. The maximum Gasteiger partial charge on any atom is 0.344 e. The molecule has 128 valence electrons. The van der Waals surface area contributed by atoms with E-state index >= 15 is 0 Å². The molecule has 0 aliphatic carbocycles. The molecule has 0 aromatic heterocycles. The van der Waals surface area contributed by atoms with Crippen LogP contribution in [0.2, 0.25) is 0 Å². The lowest BCUT2D eigenvalue weighted by molar-refractivity contribution is -0.386. The average molecular weight is 346 g/mol. The van der Waals surface area contributed by atoms with Crippen molar-refractivity contribution in [2.75, 3.05) is 7.11 Å². The molecule has 0 spiro atoms. The second kappa shape index (κ2) is 6.74. The van der Waals surface area contributed by atoms with Gasteiger partial charge in [-0.05, 0) is 24.3 Å². The van der Waals surface area contributed by atoms with Gasteiger partial charge in [-0.1, -0.05) is 12.1 Å². The first-order valence-corrected chi connectivity index (χ1v) is 6.66. The summed E-state index contributed by atoms with van der Waals surface area (Å²) >= 11 is 0. The van der Waals surface area contributed by atoms with Crippen LogP contribution >= 0.6 is 0 Å². The van der Waals surface area contributed by atoms with Crippen LogP contribution in [0.3, 0.4) is 0 Å². The van der Waals surface area contributed by atoms with E-state index in [1.54, 1.807) is 0 Å². The van der Waals surface area contributed by atoms with Gasteiger partial charge in [0.15, 0.2) is 0 Å². The third-order valence-electron chi connectivity index (χ3n) is 3.36. The maximum atomic E-state index is 11.8. The number of carboxylic acid groups (broad SMARTS) is 1. The van der Waals surface area contributed by atoms with Crippen LogP contribution in [0.25, 0.3) is 11.1 Å². The lowest BCUT2D eigenvalue weighted by atomic mass is 9.96. The SMILES string of the molecule is COC(=O)c1cccc(-c2cccc(C(=O)O)c2[N+](=O)[O-])c1[N+](=O)[O-]. The number of carbonyl (C=O) groups is 2. The number of aromatic carboxylic acids is 1. The first-order valence-electron chi connectivity index (χ1n) is 6.66. The van der Waals surface area contributed by atoms with E-state index in [1.807, 2.05) is 0 Å². The fourth-order valence-electron chi connectivity index (χ4n) is 2.36. The fourth-order valence-corrected chi connectivity index (χ4v) is 2.36. The van der Waals surface area contributed by atoms with Crippen LogP contribution in [-0.4, -0.2) is 34.0 Å². The Labute approximate surface area is 139 Å². The van der Waals surface area contributed by atoms with Crippen molar-refractivity contribution in [1.29, 1.82) is 0 Å². The summed E-state index contributed by atoms with van der Waals surface area (Å²) in [6.07, 6.45) is 0. The number of carbonyl (C=O) groups excluding carboxylic acids is 1. The zero-order chi connectivity index (χ0) is 18.7. The van der Waals surface area contributed by atoms with E-state index in [9.17, 15) is 29.8 Å². The number of carboxylic acids is 1. The minimum atomic E-state index is -1.56. The van der Waals surface area contributed by atoms with Crippen molar-refractivity contribution >= 4 is 23.3 Å². The number of esters is 1. The number of hydrogen-bond donors (Lipinski definition) is 1. The van der Waals surface area contributed by atoms with Gasteiger partial charge in [0.1, 0.15) is 11.1 Å². The molecule has 10 heteroatoms. The van der Waals surface area contributed by atoms with Gasteiger partial charge in [-0.3, -0.25) is 20.2 Å². The lowest BCUT2D eigenvalue weighted by Crippen LogP contribution is -2.08. The van der Waals surface area contributed by atoms with Gasteiger partial charge in [-0.25, -0.2) is 9.59 Å². The Bertz CT molecular complexity index is 906. The van der Waals surface area contributed by atoms with Gasteiger partial charge in [0.2, 0.25) is 0 Å². The molecule has 0 atom stereocenters. The van der Waals surface area contributed by atoms with Crippen molar-refractivity contribution in [3.63, 3.8) is 0 Å². The molecule has 0 heterocycles. The van der Waals surface area contributed by atoms with Crippen LogP contribution < -0.4 is 0 Å². The molecule has 0 amide bonds. The molecule has 2 aromatic carbocycles. The normalized spacial score (nSPS) is 10.1. The number of rotatable bonds is 5. The summed E-state index contributed by atoms with van der Waals surface area (Å²) in [5.74, 6) is -2.55. The zero-order valence-corrected chi connectivity index (χ0v) is 12.7. The third-order valence-corrected chi connectivity index (χ3v) is 3.36. The Balaban J connectivity index is 2.91. The van der Waals surface area contributed by atoms with Crippen molar-refractivity contribution in [2.24, 2.45) is 0 Å². The highest BCUT2D eigenvalue weighted by Crippen LogP contribution is 2.39. The summed E-state index contributed by atoms with van der Waals surface area (Å²) in [6.45, 7) is 0. The number of ether oxygens (including phenoxy) is 1. The minimum Gasteiger partial charge on any atom is -0.477 e. The van der Waals surface area contributed by atoms with Crippen molar-refractivity contribution < 1.29 is 29.3 Å². The Morgan fingerprint density at radius 2 is 1.36 bits per heavy atom. The number of benzene rings is 2. The molecule has 2 aromatic rings. The van der Waals surface area contributed by atoms with E-state index in [0.717, 1.165) is 19.2 Å². The van der Waals surface area contributed by atoms with Gasteiger partial charge in [0, 0.05) is 0 Å². The number of nitro groups is 2. The van der Waals surface area contributed by atoms with Gasteiger partial charge < -0.3 is 9.84 Å². The summed E-state index contributed by atoms with van der Waals surface area (Å²) in [6, 6.07) is 7.03. The smallest absolute Gasteiger partial charge is 0.344 e. The summed E-state index contributed by atoms with van der Waals surface area (Å²) in [7, 11) is 1.03. The predicted octanol–water partition coefficient (Wildman–Crippen LogP) is 2.65. The van der Waals surface area contributed by atoms with E-state index < -0.39 is 44.3 Å². The largest absolute Gasteiger partial charge is 0.477 e. The van der Waals surface area contributed by atoms with Crippen LogP contribution in [0.4, 0.5) is 11.4 Å². The highest BCUT2D eigenvalue weighted by atomic mass is 16.6. The van der Waals surface area contributed by atoms with E-state index in [0.29, 0.717) is 0 Å². The Morgan fingerprint density at radius 3 is 1.76 bits per heavy atom. The first kappa shape index (κ1) is 17.5. The van der Waals surface area contributed by atoms with Crippen LogP contribution in [0.1, 0.15) is 20.7 Å². The molecule has 1 N–H and O–H groups in total. The number of nitro benzene ring substituents is 2. The monoisotopic (exact) mass is 346 g/mol. The first-order chi connectivity index (χ1) is 11.8. The predicted molar refractivity (Wildman–Crippen MR) is 83.5 cm³/mol. The molecule has 25 heavy (non-hydrogen) atoms. The Kier molecular flexibility index (Phi) is 4.73. The van der Waals surface area contributed by atoms with E-state index in [1.165, 1.54) is 24.3 Å². The number of methoxy groups -OCH3 is 1. The lowest BCUT2D eigenvalue weighted by Gasteiger charge is -2.09. The van der Waals surface area contributed by atoms with Crippen LogP contribution in [0, 0.1) is 20.2 Å². The van der Waals surface area contributed by atoms with Gasteiger partial charge in [-0.2, -0.15) is 0 Å². The second-order valence-electron chi connectivity index (χ2n) is 4.71. The topological polar surface area (TPSA) is 150 Å². The number of nitrogens with zero attached hydrogens (tertiary/aromatic N) is 2. The summed E-state index contributed by atoms with van der Waals surface area (Å²) in [5, 5.41) is 31.9. The van der Waals surface area contributed by atoms with Crippen LogP contribution in [-0.2, 0) is 4.74 Å². The molecule has 0 unspecified atom stereocenters. The molecule has 2 rings (SSSR count). The molecule has 0 aliphatic rings. The Morgan fingerprint density at radius 1 is 0.920 bits per heavy atom. The third kappa shape index (κ3) is 3.13. The minimum absolute atomic E-state index is 0.261. The molecule has 0 aliphatic heterocycles. The zero-order valence-electron chi connectivity index (χ0n) is 12.7.